The Hall–Kier alpha value is -2.46. The number of aromatic amines is 1. The van der Waals surface area contributed by atoms with Gasteiger partial charge in [0.15, 0.2) is 0 Å². The van der Waals surface area contributed by atoms with E-state index in [-0.39, 0.29) is 0 Å². The summed E-state index contributed by atoms with van der Waals surface area (Å²) < 4.78 is 0. The van der Waals surface area contributed by atoms with E-state index in [4.69, 9.17) is 0 Å². The van der Waals surface area contributed by atoms with Crippen LogP contribution in [0.3, 0.4) is 0 Å². The van der Waals surface area contributed by atoms with Crippen LogP contribution in [0.5, 0.6) is 0 Å². The molecule has 0 spiro atoms. The molecule has 1 aliphatic carbocycles. The number of carbonyl (C=O) groups excluding carboxylic acids is 1. The van der Waals surface area contributed by atoms with Crippen LogP contribution < -0.4 is 5.32 Å². The molecule has 2 N–H and O–H groups in total. The maximum Gasteiger partial charge on any atom is 0.143 e. The summed E-state index contributed by atoms with van der Waals surface area (Å²) >= 11 is 0. The zero-order valence-corrected chi connectivity index (χ0v) is 20.7. The molecule has 1 saturated heterocycles. The molecule has 0 bridgehead atoms. The number of H-pyrrole nitrogens is 1. The normalized spacial score (nSPS) is 22.9. The highest BCUT2D eigenvalue weighted by atomic mass is 16.1. The molecule has 2 aliphatic rings. The van der Waals surface area contributed by atoms with E-state index in [1.54, 1.807) is 0 Å². The molecule has 4 heteroatoms. The molecule has 3 heterocycles. The summed E-state index contributed by atoms with van der Waals surface area (Å²) in [7, 11) is 0. The first-order valence-electron chi connectivity index (χ1n) is 12.6. The first-order valence-corrected chi connectivity index (χ1v) is 12.6. The smallest absolute Gasteiger partial charge is 0.143 e. The number of hydrogen-bond acceptors (Lipinski definition) is 3. The van der Waals surface area contributed by atoms with Gasteiger partial charge in [-0.1, -0.05) is 19.9 Å². The number of aryl methyl sites for hydroxylation is 1. The summed E-state index contributed by atoms with van der Waals surface area (Å²) in [6, 6.07) is 10.8. The number of nitrogens with zero attached hydrogens (tertiary/aromatic N) is 1. The van der Waals surface area contributed by atoms with Crippen LogP contribution in [0.25, 0.3) is 22.2 Å². The number of hydrogen-bond donors (Lipinski definition) is 2. The number of nitrogens with one attached hydrogen (secondary N) is 2. The highest BCUT2D eigenvalue weighted by molar-refractivity contribution is 5.95. The molecular formula is C29H37N3O. The van der Waals surface area contributed by atoms with Crippen LogP contribution in [0.2, 0.25) is 0 Å². The predicted octanol–water partition coefficient (Wildman–Crippen LogP) is 6.14. The first-order chi connectivity index (χ1) is 15.8. The van der Waals surface area contributed by atoms with Gasteiger partial charge in [0.2, 0.25) is 0 Å². The Morgan fingerprint density at radius 1 is 1.15 bits per heavy atom. The molecule has 2 aromatic heterocycles. The van der Waals surface area contributed by atoms with E-state index in [0.29, 0.717) is 30.0 Å². The fraction of sp³-hybridized carbons (Fsp3) is 0.517. The van der Waals surface area contributed by atoms with Crippen molar-refractivity contribution in [2.75, 3.05) is 13.1 Å². The van der Waals surface area contributed by atoms with Gasteiger partial charge in [0.25, 0.3) is 0 Å². The second kappa shape index (κ2) is 8.39. The maximum absolute atomic E-state index is 13.6. The van der Waals surface area contributed by atoms with Crippen LogP contribution in [-0.2, 0) is 10.2 Å². The van der Waals surface area contributed by atoms with Crippen molar-refractivity contribution in [2.24, 2.45) is 17.8 Å². The van der Waals surface area contributed by atoms with E-state index in [1.807, 2.05) is 13.1 Å². The van der Waals surface area contributed by atoms with E-state index in [0.717, 1.165) is 41.5 Å². The Labute approximate surface area is 197 Å². The predicted molar refractivity (Wildman–Crippen MR) is 136 cm³/mol. The van der Waals surface area contributed by atoms with Crippen LogP contribution in [0, 0.1) is 24.7 Å². The van der Waals surface area contributed by atoms with Crippen molar-refractivity contribution in [3.8, 4) is 11.3 Å². The van der Waals surface area contributed by atoms with Gasteiger partial charge >= 0.3 is 0 Å². The molecule has 174 valence electrons. The standard InChI is InChI=1S/C29H37N3O/c1-17(2)27-23-14-22(8-9-25(23)32-28(27)20-10-11-31-18(3)12-20)29(4,5)26(33)13-19-6-7-21-15-30-16-24(19)21/h8-12,14,17,19,21,24,30,32H,6-7,13,15-16H2,1-5H3. The molecule has 0 amide bonds. The van der Waals surface area contributed by atoms with Gasteiger partial charge < -0.3 is 10.3 Å². The number of ketones is 1. The number of fused-ring (bicyclic) bond motifs is 2. The van der Waals surface area contributed by atoms with E-state index >= 15 is 0 Å². The topological polar surface area (TPSA) is 57.8 Å². The Morgan fingerprint density at radius 2 is 1.97 bits per heavy atom. The lowest BCUT2D eigenvalue weighted by molar-refractivity contribution is -0.124. The van der Waals surface area contributed by atoms with Crippen molar-refractivity contribution in [1.82, 2.24) is 15.3 Å². The van der Waals surface area contributed by atoms with E-state index in [9.17, 15) is 4.79 Å². The minimum Gasteiger partial charge on any atom is -0.354 e. The van der Waals surface area contributed by atoms with E-state index in [1.165, 1.54) is 29.4 Å². The molecule has 3 unspecified atom stereocenters. The number of carbonyl (C=O) groups is 1. The van der Waals surface area contributed by atoms with Crippen molar-refractivity contribution >= 4 is 16.7 Å². The van der Waals surface area contributed by atoms with Gasteiger partial charge in [0.1, 0.15) is 5.78 Å². The molecule has 5 rings (SSSR count). The molecule has 1 saturated carbocycles. The van der Waals surface area contributed by atoms with Crippen LogP contribution >= 0.6 is 0 Å². The summed E-state index contributed by atoms with van der Waals surface area (Å²) in [5.74, 6) is 2.76. The lowest BCUT2D eigenvalue weighted by Crippen LogP contribution is -2.32. The van der Waals surface area contributed by atoms with Gasteiger partial charge in [0.05, 0.1) is 5.69 Å². The third kappa shape index (κ3) is 3.93. The molecular weight excluding hydrogens is 406 g/mol. The lowest BCUT2D eigenvalue weighted by Gasteiger charge is -2.27. The van der Waals surface area contributed by atoms with Crippen LogP contribution in [0.1, 0.15) is 69.7 Å². The summed E-state index contributed by atoms with van der Waals surface area (Å²) in [5.41, 5.74) is 6.43. The molecule has 4 nitrogen and oxygen atoms in total. The molecule has 1 aromatic carbocycles. The zero-order chi connectivity index (χ0) is 23.3. The third-order valence-corrected chi connectivity index (χ3v) is 8.37. The number of Topliss-reactive ketones (excluding diaryl/α,β-unsaturated/α-hetero) is 1. The highest BCUT2D eigenvalue weighted by Gasteiger charge is 2.42. The Morgan fingerprint density at radius 3 is 2.73 bits per heavy atom. The average Bonchev–Trinajstić information content (AvgIpc) is 3.48. The number of pyridine rings is 1. The largest absolute Gasteiger partial charge is 0.354 e. The molecule has 3 aromatic rings. The van der Waals surface area contributed by atoms with Crippen LogP contribution in [0.15, 0.2) is 36.5 Å². The second-order valence-electron chi connectivity index (χ2n) is 11.2. The fourth-order valence-corrected chi connectivity index (χ4v) is 6.30. The minimum absolute atomic E-state index is 0.363. The Kier molecular flexibility index (Phi) is 5.68. The van der Waals surface area contributed by atoms with Gasteiger partial charge in [-0.15, -0.1) is 0 Å². The monoisotopic (exact) mass is 443 g/mol. The highest BCUT2D eigenvalue weighted by Crippen LogP contribution is 2.43. The summed E-state index contributed by atoms with van der Waals surface area (Å²) in [6.07, 6.45) is 5.07. The van der Waals surface area contributed by atoms with Crippen LogP contribution in [0.4, 0.5) is 0 Å². The molecule has 1 aliphatic heterocycles. The Bertz CT molecular complexity index is 1190. The number of aromatic nitrogens is 2. The average molecular weight is 444 g/mol. The number of rotatable bonds is 6. The fourth-order valence-electron chi connectivity index (χ4n) is 6.30. The molecule has 3 atom stereocenters. The molecule has 2 fully saturated rings. The summed E-state index contributed by atoms with van der Waals surface area (Å²) in [5, 5.41) is 4.77. The van der Waals surface area contributed by atoms with Crippen LogP contribution in [-0.4, -0.2) is 28.8 Å². The van der Waals surface area contributed by atoms with Crippen molar-refractivity contribution in [3.63, 3.8) is 0 Å². The van der Waals surface area contributed by atoms with E-state index in [2.05, 4.69) is 73.3 Å². The lowest BCUT2D eigenvalue weighted by atomic mass is 9.75. The summed E-state index contributed by atoms with van der Waals surface area (Å²) in [4.78, 5) is 21.6. The zero-order valence-electron chi connectivity index (χ0n) is 20.7. The van der Waals surface area contributed by atoms with Crippen molar-refractivity contribution in [3.05, 3.63) is 53.3 Å². The minimum atomic E-state index is -0.489. The van der Waals surface area contributed by atoms with Crippen molar-refractivity contribution < 1.29 is 4.79 Å². The van der Waals surface area contributed by atoms with Crippen molar-refractivity contribution in [1.29, 1.82) is 0 Å². The SMILES string of the molecule is Cc1cc(-c2[nH]c3ccc(C(C)(C)C(=O)CC4CCC5CNCC54)cc3c2C(C)C)ccn1. The third-order valence-electron chi connectivity index (χ3n) is 8.37. The summed E-state index contributed by atoms with van der Waals surface area (Å²) in [6.45, 7) is 13.0. The first kappa shape index (κ1) is 22.3. The Balaban J connectivity index is 1.49. The van der Waals surface area contributed by atoms with Crippen molar-refractivity contribution in [2.45, 2.75) is 65.2 Å². The van der Waals surface area contributed by atoms with Gasteiger partial charge in [0, 0.05) is 40.2 Å². The van der Waals surface area contributed by atoms with Gasteiger partial charge in [-0.3, -0.25) is 9.78 Å². The quantitative estimate of drug-likeness (QED) is 0.481. The van der Waals surface area contributed by atoms with Gasteiger partial charge in [-0.2, -0.15) is 0 Å². The second-order valence-corrected chi connectivity index (χ2v) is 11.2. The van der Waals surface area contributed by atoms with E-state index < -0.39 is 5.41 Å². The number of benzene rings is 1. The maximum atomic E-state index is 13.6. The molecule has 0 radical (unpaired) electrons. The van der Waals surface area contributed by atoms with Gasteiger partial charge in [-0.05, 0) is 106 Å². The molecule has 33 heavy (non-hydrogen) atoms. The van der Waals surface area contributed by atoms with Gasteiger partial charge in [-0.25, -0.2) is 0 Å².